The molecule has 0 unspecified atom stereocenters. The molecular formula is C16H22Cl2N2O. The van der Waals surface area contributed by atoms with E-state index in [1.54, 1.807) is 6.07 Å². The lowest BCUT2D eigenvalue weighted by Gasteiger charge is -2.31. The molecule has 116 valence electrons. The van der Waals surface area contributed by atoms with Gasteiger partial charge in [-0.05, 0) is 43.5 Å². The van der Waals surface area contributed by atoms with Crippen LogP contribution in [0.2, 0.25) is 10.0 Å². The second-order valence-electron chi connectivity index (χ2n) is 5.98. The molecule has 0 aromatic heterocycles. The minimum atomic E-state index is 0.212. The van der Waals surface area contributed by atoms with Gasteiger partial charge in [-0.15, -0.1) is 0 Å². The van der Waals surface area contributed by atoms with Crippen LogP contribution < -0.4 is 0 Å². The van der Waals surface area contributed by atoms with Crippen LogP contribution in [0.4, 0.5) is 0 Å². The van der Waals surface area contributed by atoms with E-state index < -0.39 is 0 Å². The smallest absolute Gasteiger partial charge is 0.236 e. The number of amides is 1. The number of likely N-dealkylation sites (tertiary alicyclic amines) is 1. The first-order valence-electron chi connectivity index (χ1n) is 7.36. The predicted octanol–water partition coefficient (Wildman–Crippen LogP) is 3.68. The predicted molar refractivity (Wildman–Crippen MR) is 87.8 cm³/mol. The second-order valence-corrected chi connectivity index (χ2v) is 6.80. The van der Waals surface area contributed by atoms with Gasteiger partial charge in [-0.3, -0.25) is 9.69 Å². The molecule has 1 heterocycles. The zero-order chi connectivity index (χ0) is 15.4. The maximum Gasteiger partial charge on any atom is 0.236 e. The Bertz CT molecular complexity index is 499. The molecule has 5 heteroatoms. The minimum Gasteiger partial charge on any atom is -0.342 e. The Hall–Kier alpha value is -0.770. The van der Waals surface area contributed by atoms with E-state index in [1.807, 2.05) is 29.0 Å². The van der Waals surface area contributed by atoms with E-state index in [-0.39, 0.29) is 5.91 Å². The van der Waals surface area contributed by atoms with E-state index >= 15 is 0 Å². The summed E-state index contributed by atoms with van der Waals surface area (Å²) in [6, 6.07) is 5.59. The Labute approximate surface area is 136 Å². The summed E-state index contributed by atoms with van der Waals surface area (Å²) in [6.07, 6.45) is 2.23. The van der Waals surface area contributed by atoms with Gasteiger partial charge in [0.15, 0.2) is 0 Å². The molecule has 1 aliphatic heterocycles. The quantitative estimate of drug-likeness (QED) is 0.841. The van der Waals surface area contributed by atoms with Crippen molar-refractivity contribution in [2.45, 2.75) is 26.3 Å². The Morgan fingerprint density at radius 1 is 1.29 bits per heavy atom. The zero-order valence-corrected chi connectivity index (χ0v) is 14.1. The molecule has 1 aliphatic rings. The summed E-state index contributed by atoms with van der Waals surface area (Å²) in [6.45, 7) is 5.15. The fourth-order valence-electron chi connectivity index (χ4n) is 2.59. The van der Waals surface area contributed by atoms with E-state index in [2.05, 4.69) is 6.92 Å². The molecule has 2 rings (SSSR count). The highest BCUT2D eigenvalue weighted by Gasteiger charge is 2.21. The van der Waals surface area contributed by atoms with Gasteiger partial charge in [-0.1, -0.05) is 36.2 Å². The van der Waals surface area contributed by atoms with Crippen LogP contribution in [-0.2, 0) is 11.3 Å². The van der Waals surface area contributed by atoms with Crippen LogP contribution in [0.25, 0.3) is 0 Å². The average molecular weight is 329 g/mol. The van der Waals surface area contributed by atoms with Gasteiger partial charge >= 0.3 is 0 Å². The highest BCUT2D eigenvalue weighted by molar-refractivity contribution is 6.42. The molecule has 0 N–H and O–H groups in total. The first-order chi connectivity index (χ1) is 9.95. The highest BCUT2D eigenvalue weighted by Crippen LogP contribution is 2.23. The summed E-state index contributed by atoms with van der Waals surface area (Å²) in [5, 5.41) is 1.11. The number of piperidine rings is 1. The van der Waals surface area contributed by atoms with Crippen molar-refractivity contribution < 1.29 is 4.79 Å². The van der Waals surface area contributed by atoms with Crippen LogP contribution in [0, 0.1) is 5.92 Å². The van der Waals surface area contributed by atoms with Gasteiger partial charge in [0.2, 0.25) is 5.91 Å². The van der Waals surface area contributed by atoms with Crippen molar-refractivity contribution in [3.05, 3.63) is 33.8 Å². The maximum absolute atomic E-state index is 12.3. The molecule has 1 amide bonds. The molecular weight excluding hydrogens is 307 g/mol. The number of benzene rings is 1. The van der Waals surface area contributed by atoms with Gasteiger partial charge in [0.05, 0.1) is 16.6 Å². The van der Waals surface area contributed by atoms with E-state index in [0.29, 0.717) is 23.1 Å². The van der Waals surface area contributed by atoms with Crippen molar-refractivity contribution in [1.82, 2.24) is 9.80 Å². The lowest BCUT2D eigenvalue weighted by atomic mass is 9.99. The number of carbonyl (C=O) groups excluding carboxylic acids is 1. The lowest BCUT2D eigenvalue weighted by molar-refractivity contribution is -0.133. The molecule has 21 heavy (non-hydrogen) atoms. The monoisotopic (exact) mass is 328 g/mol. The standard InChI is InChI=1S/C16H22Cl2N2O/c1-12-5-7-20(8-6-12)16(21)11-19(2)10-13-3-4-14(17)15(18)9-13/h3-4,9,12H,5-8,10-11H2,1-2H3. The molecule has 0 saturated carbocycles. The Balaban J connectivity index is 1.84. The van der Waals surface area contributed by atoms with Gasteiger partial charge in [0, 0.05) is 19.6 Å². The molecule has 1 aromatic rings. The highest BCUT2D eigenvalue weighted by atomic mass is 35.5. The molecule has 1 aromatic carbocycles. The number of rotatable bonds is 4. The first kappa shape index (κ1) is 16.6. The second kappa shape index (κ2) is 7.48. The van der Waals surface area contributed by atoms with Gasteiger partial charge in [0.25, 0.3) is 0 Å². The van der Waals surface area contributed by atoms with Crippen LogP contribution in [-0.4, -0.2) is 42.4 Å². The fourth-order valence-corrected chi connectivity index (χ4v) is 2.92. The number of carbonyl (C=O) groups is 1. The van der Waals surface area contributed by atoms with Crippen LogP contribution in [0.15, 0.2) is 18.2 Å². The van der Waals surface area contributed by atoms with Crippen LogP contribution >= 0.6 is 23.2 Å². The van der Waals surface area contributed by atoms with Gasteiger partial charge < -0.3 is 4.90 Å². The molecule has 1 saturated heterocycles. The van der Waals surface area contributed by atoms with Crippen molar-refractivity contribution in [3.8, 4) is 0 Å². The SMILES string of the molecule is CC1CCN(C(=O)CN(C)Cc2ccc(Cl)c(Cl)c2)CC1. The number of hydrogen-bond donors (Lipinski definition) is 0. The Morgan fingerprint density at radius 3 is 2.57 bits per heavy atom. The van der Waals surface area contributed by atoms with E-state index in [4.69, 9.17) is 23.2 Å². The topological polar surface area (TPSA) is 23.6 Å². The summed E-state index contributed by atoms with van der Waals surface area (Å²) in [4.78, 5) is 16.3. The van der Waals surface area contributed by atoms with E-state index in [0.717, 1.165) is 37.4 Å². The summed E-state index contributed by atoms with van der Waals surface area (Å²) in [5.74, 6) is 0.951. The van der Waals surface area contributed by atoms with Gasteiger partial charge in [-0.2, -0.15) is 0 Å². The normalized spacial score (nSPS) is 16.5. The molecule has 0 spiro atoms. The van der Waals surface area contributed by atoms with Crippen molar-refractivity contribution in [2.24, 2.45) is 5.92 Å². The summed E-state index contributed by atoms with van der Waals surface area (Å²) in [7, 11) is 1.95. The van der Waals surface area contributed by atoms with E-state index in [1.165, 1.54) is 0 Å². The lowest BCUT2D eigenvalue weighted by Crippen LogP contribution is -2.42. The zero-order valence-electron chi connectivity index (χ0n) is 12.6. The van der Waals surface area contributed by atoms with Crippen LogP contribution in [0.1, 0.15) is 25.3 Å². The number of nitrogens with zero attached hydrogens (tertiary/aromatic N) is 2. The van der Waals surface area contributed by atoms with Crippen molar-refractivity contribution >= 4 is 29.1 Å². The van der Waals surface area contributed by atoms with Crippen molar-refractivity contribution in [3.63, 3.8) is 0 Å². The van der Waals surface area contributed by atoms with E-state index in [9.17, 15) is 4.79 Å². The minimum absolute atomic E-state index is 0.212. The molecule has 1 fully saturated rings. The molecule has 0 aliphatic carbocycles. The number of halogens is 2. The Kier molecular flexibility index (Phi) is 5.91. The Morgan fingerprint density at radius 2 is 1.95 bits per heavy atom. The van der Waals surface area contributed by atoms with Gasteiger partial charge in [0.1, 0.15) is 0 Å². The maximum atomic E-state index is 12.3. The fraction of sp³-hybridized carbons (Fsp3) is 0.562. The third-order valence-corrected chi connectivity index (χ3v) is 4.72. The summed E-state index contributed by atoms with van der Waals surface area (Å²) in [5.41, 5.74) is 1.06. The molecule has 0 bridgehead atoms. The van der Waals surface area contributed by atoms with Crippen molar-refractivity contribution in [1.29, 1.82) is 0 Å². The molecule has 0 atom stereocenters. The third-order valence-electron chi connectivity index (χ3n) is 3.98. The van der Waals surface area contributed by atoms with Gasteiger partial charge in [-0.25, -0.2) is 0 Å². The molecule has 3 nitrogen and oxygen atoms in total. The first-order valence-corrected chi connectivity index (χ1v) is 8.11. The average Bonchev–Trinajstić information content (AvgIpc) is 2.43. The van der Waals surface area contributed by atoms with Crippen molar-refractivity contribution in [2.75, 3.05) is 26.7 Å². The van der Waals surface area contributed by atoms with Crippen LogP contribution in [0.3, 0.4) is 0 Å². The largest absolute Gasteiger partial charge is 0.342 e. The third kappa shape index (κ3) is 4.87. The molecule has 0 radical (unpaired) electrons. The summed E-state index contributed by atoms with van der Waals surface area (Å²) >= 11 is 11.9. The summed E-state index contributed by atoms with van der Waals surface area (Å²) < 4.78 is 0. The number of likely N-dealkylation sites (N-methyl/N-ethyl adjacent to an activating group) is 1. The van der Waals surface area contributed by atoms with Crippen LogP contribution in [0.5, 0.6) is 0 Å². The number of hydrogen-bond acceptors (Lipinski definition) is 2.